The molecular weight excluding hydrogens is 138 g/mol. The zero-order chi connectivity index (χ0) is 8.43. The first-order valence-corrected chi connectivity index (χ1v) is 3.84. The van der Waals surface area contributed by atoms with Crippen LogP contribution >= 0.6 is 0 Å². The summed E-state index contributed by atoms with van der Waals surface area (Å²) in [4.78, 5) is 14.5. The Hall–Kier alpha value is -1.05. The Labute approximate surface area is 66.3 Å². The number of aromatic amines is 1. The van der Waals surface area contributed by atoms with Crippen molar-refractivity contribution in [1.29, 1.82) is 0 Å². The number of aryl methyl sites for hydroxylation is 2. The van der Waals surface area contributed by atoms with E-state index in [-0.39, 0.29) is 5.43 Å². The molecule has 2 heteroatoms. The second-order valence-electron chi connectivity index (χ2n) is 2.75. The summed E-state index contributed by atoms with van der Waals surface area (Å²) in [6.07, 6.45) is 2.60. The van der Waals surface area contributed by atoms with Gasteiger partial charge in [0, 0.05) is 23.0 Å². The van der Waals surface area contributed by atoms with Gasteiger partial charge in [-0.2, -0.15) is 0 Å². The molecule has 0 aliphatic rings. The summed E-state index contributed by atoms with van der Waals surface area (Å²) in [6.45, 7) is 5.75. The molecule has 1 N–H and O–H groups in total. The fourth-order valence-electron chi connectivity index (χ4n) is 1.04. The summed E-state index contributed by atoms with van der Waals surface area (Å²) in [6, 6.07) is 0. The maximum absolute atomic E-state index is 11.4. The van der Waals surface area contributed by atoms with Gasteiger partial charge in [0.1, 0.15) is 0 Å². The van der Waals surface area contributed by atoms with Gasteiger partial charge in [0.25, 0.3) is 0 Å². The molecular formula is C9H13NO. The topological polar surface area (TPSA) is 32.9 Å². The predicted molar refractivity (Wildman–Crippen MR) is 45.9 cm³/mol. The Balaban J connectivity index is 3.37. The minimum atomic E-state index is 0.184. The van der Waals surface area contributed by atoms with Crippen molar-refractivity contribution in [3.63, 3.8) is 0 Å². The number of H-pyrrole nitrogens is 1. The largest absolute Gasteiger partial charge is 0.364 e. The van der Waals surface area contributed by atoms with Crippen LogP contribution in [0.3, 0.4) is 0 Å². The molecule has 0 bridgehead atoms. The van der Waals surface area contributed by atoms with Gasteiger partial charge in [-0.05, 0) is 20.3 Å². The van der Waals surface area contributed by atoms with Gasteiger partial charge in [0.05, 0.1) is 0 Å². The van der Waals surface area contributed by atoms with E-state index in [0.717, 1.165) is 23.2 Å². The van der Waals surface area contributed by atoms with E-state index in [2.05, 4.69) is 4.98 Å². The molecule has 60 valence electrons. The highest BCUT2D eigenvalue weighted by molar-refractivity contribution is 5.23. The van der Waals surface area contributed by atoms with E-state index in [1.807, 2.05) is 20.8 Å². The van der Waals surface area contributed by atoms with Crippen LogP contribution in [-0.2, 0) is 6.42 Å². The van der Waals surface area contributed by atoms with E-state index in [4.69, 9.17) is 0 Å². The lowest BCUT2D eigenvalue weighted by molar-refractivity contribution is 1.03. The first kappa shape index (κ1) is 8.05. The molecule has 0 aliphatic carbocycles. The molecule has 0 spiro atoms. The maximum Gasteiger partial charge on any atom is 0.187 e. The van der Waals surface area contributed by atoms with Gasteiger partial charge in [-0.25, -0.2) is 0 Å². The number of rotatable bonds is 1. The van der Waals surface area contributed by atoms with Crippen LogP contribution in [-0.4, -0.2) is 4.98 Å². The summed E-state index contributed by atoms with van der Waals surface area (Å²) < 4.78 is 0. The van der Waals surface area contributed by atoms with Crippen molar-refractivity contribution in [3.05, 3.63) is 33.2 Å². The number of pyridine rings is 1. The highest BCUT2D eigenvalue weighted by Gasteiger charge is 2.01. The summed E-state index contributed by atoms with van der Waals surface area (Å²) in [7, 11) is 0. The molecule has 0 unspecified atom stereocenters. The fraction of sp³-hybridized carbons (Fsp3) is 0.444. The predicted octanol–water partition coefficient (Wildman–Crippen LogP) is 1.55. The SMILES string of the molecule is CCc1c[nH]c(C)c(C)c1=O. The van der Waals surface area contributed by atoms with E-state index >= 15 is 0 Å². The maximum atomic E-state index is 11.4. The van der Waals surface area contributed by atoms with Gasteiger partial charge in [0.15, 0.2) is 5.43 Å². The minimum Gasteiger partial charge on any atom is -0.364 e. The number of aromatic nitrogens is 1. The molecule has 1 aromatic heterocycles. The second-order valence-corrected chi connectivity index (χ2v) is 2.75. The van der Waals surface area contributed by atoms with Gasteiger partial charge in [-0.3, -0.25) is 4.79 Å². The first-order chi connectivity index (χ1) is 5.16. The molecule has 0 saturated carbocycles. The monoisotopic (exact) mass is 151 g/mol. The van der Waals surface area contributed by atoms with E-state index in [0.29, 0.717) is 0 Å². The number of hydrogen-bond acceptors (Lipinski definition) is 1. The summed E-state index contributed by atoms with van der Waals surface area (Å²) in [5, 5.41) is 0. The Morgan fingerprint density at radius 1 is 1.45 bits per heavy atom. The van der Waals surface area contributed by atoms with Gasteiger partial charge >= 0.3 is 0 Å². The molecule has 2 nitrogen and oxygen atoms in total. The summed E-state index contributed by atoms with van der Waals surface area (Å²) in [5.74, 6) is 0. The molecule has 0 fully saturated rings. The van der Waals surface area contributed by atoms with Crippen LogP contribution < -0.4 is 5.43 Å². The zero-order valence-electron chi connectivity index (χ0n) is 7.19. The smallest absolute Gasteiger partial charge is 0.187 e. The van der Waals surface area contributed by atoms with E-state index in [9.17, 15) is 4.79 Å². The lowest BCUT2D eigenvalue weighted by Crippen LogP contribution is -2.13. The van der Waals surface area contributed by atoms with Gasteiger partial charge < -0.3 is 4.98 Å². The highest BCUT2D eigenvalue weighted by Crippen LogP contribution is 1.98. The molecule has 0 radical (unpaired) electrons. The Morgan fingerprint density at radius 2 is 2.09 bits per heavy atom. The van der Waals surface area contributed by atoms with Gasteiger partial charge in [0.2, 0.25) is 0 Å². The molecule has 0 aromatic carbocycles. The van der Waals surface area contributed by atoms with E-state index < -0.39 is 0 Å². The fourth-order valence-corrected chi connectivity index (χ4v) is 1.04. The van der Waals surface area contributed by atoms with Crippen molar-refractivity contribution in [2.75, 3.05) is 0 Å². The average Bonchev–Trinajstić information content (AvgIpc) is 2.01. The van der Waals surface area contributed by atoms with E-state index in [1.54, 1.807) is 6.20 Å². The number of hydrogen-bond donors (Lipinski definition) is 1. The van der Waals surface area contributed by atoms with Crippen molar-refractivity contribution in [2.24, 2.45) is 0 Å². The second kappa shape index (κ2) is 2.91. The number of nitrogens with one attached hydrogen (secondary N) is 1. The molecule has 0 atom stereocenters. The summed E-state index contributed by atoms with van der Waals surface area (Å²) >= 11 is 0. The quantitative estimate of drug-likeness (QED) is 0.649. The van der Waals surface area contributed by atoms with Gasteiger partial charge in [-0.1, -0.05) is 6.92 Å². The van der Waals surface area contributed by atoms with Crippen LogP contribution in [0.25, 0.3) is 0 Å². The van der Waals surface area contributed by atoms with Crippen LogP contribution in [0.2, 0.25) is 0 Å². The van der Waals surface area contributed by atoms with Crippen LogP contribution in [0, 0.1) is 13.8 Å². The van der Waals surface area contributed by atoms with Crippen molar-refractivity contribution in [1.82, 2.24) is 4.98 Å². The van der Waals surface area contributed by atoms with Crippen LogP contribution in [0.5, 0.6) is 0 Å². The molecule has 11 heavy (non-hydrogen) atoms. The highest BCUT2D eigenvalue weighted by atomic mass is 16.1. The average molecular weight is 151 g/mol. The van der Waals surface area contributed by atoms with Crippen molar-refractivity contribution < 1.29 is 0 Å². The molecule has 1 aromatic rings. The first-order valence-electron chi connectivity index (χ1n) is 3.84. The molecule has 1 heterocycles. The third-order valence-corrected chi connectivity index (χ3v) is 2.04. The molecule has 1 rings (SSSR count). The standard InChI is InChI=1S/C9H13NO/c1-4-8-5-10-7(3)6(2)9(8)11/h5H,4H2,1-3H3,(H,10,11). The van der Waals surface area contributed by atoms with Crippen molar-refractivity contribution in [3.8, 4) is 0 Å². The summed E-state index contributed by atoms with van der Waals surface area (Å²) in [5.41, 5.74) is 2.86. The van der Waals surface area contributed by atoms with Crippen LogP contribution in [0.4, 0.5) is 0 Å². The third-order valence-electron chi connectivity index (χ3n) is 2.04. The lowest BCUT2D eigenvalue weighted by atomic mass is 10.1. The van der Waals surface area contributed by atoms with Crippen molar-refractivity contribution >= 4 is 0 Å². The molecule has 0 amide bonds. The minimum absolute atomic E-state index is 0.184. The Morgan fingerprint density at radius 3 is 2.64 bits per heavy atom. The van der Waals surface area contributed by atoms with Crippen molar-refractivity contribution in [2.45, 2.75) is 27.2 Å². The Kier molecular flexibility index (Phi) is 2.13. The van der Waals surface area contributed by atoms with E-state index in [1.165, 1.54) is 0 Å². The Bertz CT molecular complexity index is 312. The van der Waals surface area contributed by atoms with Gasteiger partial charge in [-0.15, -0.1) is 0 Å². The lowest BCUT2D eigenvalue weighted by Gasteiger charge is -2.00. The molecule has 0 saturated heterocycles. The van der Waals surface area contributed by atoms with Crippen LogP contribution in [0.1, 0.15) is 23.7 Å². The normalized spacial score (nSPS) is 10.1. The third kappa shape index (κ3) is 1.34. The zero-order valence-corrected chi connectivity index (χ0v) is 7.19. The molecule has 0 aliphatic heterocycles. The van der Waals surface area contributed by atoms with Crippen LogP contribution in [0.15, 0.2) is 11.0 Å².